The van der Waals surface area contributed by atoms with Crippen molar-refractivity contribution in [1.82, 2.24) is 0 Å². The highest BCUT2D eigenvalue weighted by atomic mass is 16.4. The van der Waals surface area contributed by atoms with Crippen molar-refractivity contribution in [2.75, 3.05) is 33.0 Å². The Morgan fingerprint density at radius 2 is 1.18 bits per heavy atom. The van der Waals surface area contributed by atoms with E-state index in [1.807, 2.05) is 0 Å². The van der Waals surface area contributed by atoms with Gasteiger partial charge in [0, 0.05) is 0 Å². The average molecular weight is 260 g/mol. The summed E-state index contributed by atoms with van der Waals surface area (Å²) in [5.74, 6) is -1.40. The molecule has 106 valence electrons. The second-order valence-electron chi connectivity index (χ2n) is 2.50. The molecule has 0 saturated carbocycles. The average Bonchev–Trinajstić information content (AvgIpc) is 2.37. The molecule has 9 heteroatoms. The number of rotatable bonds is 5. The third-order valence-electron chi connectivity index (χ3n) is 0.979. The summed E-state index contributed by atoms with van der Waals surface area (Å²) in [5.41, 5.74) is 0. The second-order valence-corrected chi connectivity index (χ2v) is 2.50. The summed E-state index contributed by atoms with van der Waals surface area (Å²) in [6.45, 7) is -1.71. The van der Waals surface area contributed by atoms with Crippen LogP contribution < -0.4 is 0 Å². The second kappa shape index (κ2) is 17.6. The van der Waals surface area contributed by atoms with Gasteiger partial charge in [-0.1, -0.05) is 0 Å². The van der Waals surface area contributed by atoms with E-state index in [0.717, 1.165) is 0 Å². The number of aliphatic hydroxyl groups excluding tert-OH is 7. The minimum Gasteiger partial charge on any atom is -0.479 e. The molecule has 0 aliphatic rings. The summed E-state index contributed by atoms with van der Waals surface area (Å²) in [6, 6.07) is 0. The topological polar surface area (TPSA) is 179 Å². The van der Waals surface area contributed by atoms with Gasteiger partial charge < -0.3 is 40.9 Å². The molecule has 0 fully saturated rings. The van der Waals surface area contributed by atoms with Crippen LogP contribution in [0.1, 0.15) is 0 Å². The highest BCUT2D eigenvalue weighted by molar-refractivity contribution is 5.71. The first-order valence-electron chi connectivity index (χ1n) is 4.54. The molecule has 9 nitrogen and oxygen atoms in total. The molecular formula is C8H20O9. The van der Waals surface area contributed by atoms with Crippen molar-refractivity contribution >= 4 is 5.97 Å². The first-order valence-corrected chi connectivity index (χ1v) is 4.54. The van der Waals surface area contributed by atoms with Gasteiger partial charge in [-0.3, -0.25) is 0 Å². The van der Waals surface area contributed by atoms with E-state index in [-0.39, 0.29) is 26.4 Å². The zero-order valence-electron chi connectivity index (χ0n) is 9.18. The van der Waals surface area contributed by atoms with Crippen LogP contribution in [0.5, 0.6) is 0 Å². The Bertz CT molecular complexity index is 146. The quantitative estimate of drug-likeness (QED) is 0.243. The zero-order valence-corrected chi connectivity index (χ0v) is 9.18. The molecule has 0 spiro atoms. The molecule has 1 atom stereocenters. The van der Waals surface area contributed by atoms with E-state index in [9.17, 15) is 4.79 Å². The molecule has 1 unspecified atom stereocenters. The van der Waals surface area contributed by atoms with Gasteiger partial charge in [-0.25, -0.2) is 4.79 Å². The minimum absolute atomic E-state index is 0.125. The van der Waals surface area contributed by atoms with E-state index in [0.29, 0.717) is 0 Å². The van der Waals surface area contributed by atoms with Crippen LogP contribution in [0.2, 0.25) is 0 Å². The monoisotopic (exact) mass is 260 g/mol. The van der Waals surface area contributed by atoms with Gasteiger partial charge in [0.1, 0.15) is 6.10 Å². The number of hydrogen-bond acceptors (Lipinski definition) is 8. The van der Waals surface area contributed by atoms with Crippen LogP contribution in [0.3, 0.4) is 0 Å². The molecule has 8 N–H and O–H groups in total. The van der Waals surface area contributed by atoms with Gasteiger partial charge in [-0.2, -0.15) is 0 Å². The molecule has 0 saturated heterocycles. The lowest BCUT2D eigenvalue weighted by molar-refractivity contribution is -0.148. The summed E-state index contributed by atoms with van der Waals surface area (Å²) < 4.78 is 0. The van der Waals surface area contributed by atoms with Gasteiger partial charge >= 0.3 is 5.97 Å². The van der Waals surface area contributed by atoms with Gasteiger partial charge in [-0.15, -0.1) is 0 Å². The largest absolute Gasteiger partial charge is 0.479 e. The number of carboxylic acids is 1. The first-order chi connectivity index (χ1) is 7.90. The van der Waals surface area contributed by atoms with Crippen LogP contribution in [-0.4, -0.2) is 92.1 Å². The van der Waals surface area contributed by atoms with Crippen molar-refractivity contribution in [3.8, 4) is 0 Å². The summed E-state index contributed by atoms with van der Waals surface area (Å²) in [7, 11) is 0. The van der Waals surface area contributed by atoms with Crippen LogP contribution in [0.15, 0.2) is 0 Å². The fraction of sp³-hybridized carbons (Fsp3) is 0.875. The van der Waals surface area contributed by atoms with Crippen molar-refractivity contribution in [3.05, 3.63) is 0 Å². The number of carboxylic acid groups (broad SMARTS) is 1. The van der Waals surface area contributed by atoms with E-state index in [4.69, 9.17) is 40.9 Å². The lowest BCUT2D eigenvalue weighted by Gasteiger charge is -1.96. The fourth-order valence-corrected chi connectivity index (χ4v) is 0.136. The Kier molecular flexibility index (Phi) is 22.2. The molecule has 0 heterocycles. The van der Waals surface area contributed by atoms with Crippen molar-refractivity contribution in [1.29, 1.82) is 0 Å². The first kappa shape index (κ1) is 21.5. The lowest BCUT2D eigenvalue weighted by atomic mass is 10.4. The molecule has 0 bridgehead atoms. The van der Waals surface area contributed by atoms with Crippen LogP contribution in [-0.2, 0) is 4.79 Å². The number of aliphatic carboxylic acids is 1. The Morgan fingerprint density at radius 1 is 0.824 bits per heavy atom. The molecule has 0 aliphatic carbocycles. The lowest BCUT2D eigenvalue weighted by Crippen LogP contribution is -2.22. The third kappa shape index (κ3) is 25.5. The highest BCUT2D eigenvalue weighted by Gasteiger charge is 2.08. The molecule has 0 aromatic carbocycles. The van der Waals surface area contributed by atoms with Crippen LogP contribution in [0.25, 0.3) is 0 Å². The van der Waals surface area contributed by atoms with Crippen LogP contribution >= 0.6 is 0 Å². The maximum Gasteiger partial charge on any atom is 0.334 e. The Balaban J connectivity index is -0.000000180. The molecule has 0 aliphatic heterocycles. The minimum atomic E-state index is -1.63. The van der Waals surface area contributed by atoms with E-state index in [1.165, 1.54) is 0 Å². The Labute approximate surface area is 97.8 Å². The predicted molar refractivity (Wildman–Crippen MR) is 55.1 cm³/mol. The fourth-order valence-electron chi connectivity index (χ4n) is 0.136. The summed E-state index contributed by atoms with van der Waals surface area (Å²) >= 11 is 0. The highest BCUT2D eigenvalue weighted by Crippen LogP contribution is 1.75. The smallest absolute Gasteiger partial charge is 0.334 e. The molecule has 0 amide bonds. The molecule has 0 aromatic heterocycles. The van der Waals surface area contributed by atoms with Crippen molar-refractivity contribution in [2.45, 2.75) is 12.2 Å². The standard InChI is InChI=1S/C3H6O4.C3H8O3.C2H6O2/c4-1-2(5)3(6)7;4-1-3(6)2-5;3-1-2-4/h2,4-5H,1H2,(H,6,7);3-6H,1-2H2;3-4H,1-2H2. The van der Waals surface area contributed by atoms with E-state index >= 15 is 0 Å². The van der Waals surface area contributed by atoms with Crippen LogP contribution in [0, 0.1) is 0 Å². The van der Waals surface area contributed by atoms with Gasteiger partial charge in [0.2, 0.25) is 0 Å². The van der Waals surface area contributed by atoms with Gasteiger partial charge in [0.25, 0.3) is 0 Å². The predicted octanol–water partition coefficient (Wildman–Crippen LogP) is -4.27. The van der Waals surface area contributed by atoms with Gasteiger partial charge in [-0.05, 0) is 0 Å². The molecular weight excluding hydrogens is 240 g/mol. The van der Waals surface area contributed by atoms with Crippen molar-refractivity contribution < 1.29 is 45.6 Å². The van der Waals surface area contributed by atoms with Crippen molar-refractivity contribution in [2.24, 2.45) is 0 Å². The summed E-state index contributed by atoms with van der Waals surface area (Å²) in [6.07, 6.45) is -2.58. The number of carbonyl (C=O) groups is 1. The van der Waals surface area contributed by atoms with Crippen molar-refractivity contribution in [3.63, 3.8) is 0 Å². The molecule has 17 heavy (non-hydrogen) atoms. The van der Waals surface area contributed by atoms with Gasteiger partial charge in [0.15, 0.2) is 6.10 Å². The normalized spacial score (nSPS) is 10.8. The Hall–Kier alpha value is -0.810. The summed E-state index contributed by atoms with van der Waals surface area (Å²) in [4.78, 5) is 9.52. The molecule has 0 radical (unpaired) electrons. The maximum atomic E-state index is 9.52. The zero-order chi connectivity index (χ0) is 14.3. The number of hydrogen-bond donors (Lipinski definition) is 8. The number of aliphatic hydroxyl groups is 7. The molecule has 0 aromatic rings. The van der Waals surface area contributed by atoms with E-state index in [2.05, 4.69) is 0 Å². The van der Waals surface area contributed by atoms with E-state index < -0.39 is 24.8 Å². The Morgan fingerprint density at radius 3 is 1.18 bits per heavy atom. The maximum absolute atomic E-state index is 9.52. The molecule has 0 rings (SSSR count). The third-order valence-corrected chi connectivity index (χ3v) is 0.979. The summed E-state index contributed by atoms with van der Waals surface area (Å²) in [5, 5.41) is 63.0. The SMILES string of the molecule is O=C(O)C(O)CO.OCC(O)CO.OCCO. The van der Waals surface area contributed by atoms with Crippen LogP contribution in [0.4, 0.5) is 0 Å². The van der Waals surface area contributed by atoms with E-state index in [1.54, 1.807) is 0 Å². The van der Waals surface area contributed by atoms with Gasteiger partial charge in [0.05, 0.1) is 33.0 Å².